The highest BCUT2D eigenvalue weighted by molar-refractivity contribution is 5.94. The summed E-state index contributed by atoms with van der Waals surface area (Å²) in [6.45, 7) is 4.83. The third-order valence-electron chi connectivity index (χ3n) is 4.21. The monoisotopic (exact) mass is 314 g/mol. The van der Waals surface area contributed by atoms with Gasteiger partial charge in [-0.25, -0.2) is 0 Å². The predicted molar refractivity (Wildman–Crippen MR) is 86.5 cm³/mol. The van der Waals surface area contributed by atoms with Crippen LogP contribution >= 0.6 is 12.4 Å². The number of carbonyl (C=O) groups excluding carboxylic acids is 1. The highest BCUT2D eigenvalue weighted by Gasteiger charge is 2.28. The van der Waals surface area contributed by atoms with Gasteiger partial charge < -0.3 is 15.5 Å². The van der Waals surface area contributed by atoms with E-state index in [0.717, 1.165) is 12.3 Å². The predicted octanol–water partition coefficient (Wildman–Crippen LogP) is 3.49. The van der Waals surface area contributed by atoms with Gasteiger partial charge in [0.2, 0.25) is 0 Å². The molecule has 2 rings (SSSR count). The average Bonchev–Trinajstić information content (AvgIpc) is 3.04. The molecule has 1 aromatic heterocycles. The number of hydrogen-bond acceptors (Lipinski definition) is 3. The van der Waals surface area contributed by atoms with E-state index in [1.165, 1.54) is 31.9 Å². The number of hydrogen-bond donors (Lipinski definition) is 2. The molecule has 0 aliphatic heterocycles. The van der Waals surface area contributed by atoms with E-state index in [9.17, 15) is 4.79 Å². The Morgan fingerprint density at radius 1 is 1.48 bits per heavy atom. The lowest BCUT2D eigenvalue weighted by molar-refractivity contribution is 0.0925. The van der Waals surface area contributed by atoms with E-state index in [-0.39, 0.29) is 18.3 Å². The first kappa shape index (κ1) is 18.1. The molecule has 0 bridgehead atoms. The molecule has 120 valence electrons. The molecule has 1 aromatic rings. The third-order valence-corrected chi connectivity index (χ3v) is 4.21. The number of amides is 1. The van der Waals surface area contributed by atoms with E-state index in [2.05, 4.69) is 19.2 Å². The first-order chi connectivity index (χ1) is 9.60. The van der Waals surface area contributed by atoms with Crippen LogP contribution in [0.15, 0.2) is 16.7 Å². The Kier molecular flexibility index (Phi) is 7.26. The molecule has 3 N–H and O–H groups in total. The van der Waals surface area contributed by atoms with Gasteiger partial charge in [-0.2, -0.15) is 0 Å². The van der Waals surface area contributed by atoms with Gasteiger partial charge in [0, 0.05) is 6.04 Å². The zero-order chi connectivity index (χ0) is 14.5. The second-order valence-corrected chi connectivity index (χ2v) is 6.25. The van der Waals surface area contributed by atoms with E-state index in [1.807, 2.05) is 0 Å². The molecule has 21 heavy (non-hydrogen) atoms. The number of furan rings is 1. The molecule has 5 heteroatoms. The second-order valence-electron chi connectivity index (χ2n) is 6.25. The second kappa shape index (κ2) is 8.44. The van der Waals surface area contributed by atoms with Gasteiger partial charge in [0.15, 0.2) is 0 Å². The molecular formula is C16H27ClN2O2. The summed E-state index contributed by atoms with van der Waals surface area (Å²) in [6, 6.07) is 2.05. The van der Waals surface area contributed by atoms with Gasteiger partial charge in [0.05, 0.1) is 12.1 Å². The van der Waals surface area contributed by atoms with Crippen molar-refractivity contribution in [2.45, 2.75) is 58.5 Å². The van der Waals surface area contributed by atoms with Crippen molar-refractivity contribution in [1.82, 2.24) is 5.32 Å². The third kappa shape index (κ3) is 5.04. The van der Waals surface area contributed by atoms with E-state index in [0.29, 0.717) is 29.8 Å². The minimum atomic E-state index is -0.0325. The van der Waals surface area contributed by atoms with Crippen molar-refractivity contribution in [3.8, 4) is 0 Å². The SMILES string of the molecule is CC(C)CCC1CCCC1NC(=O)c1coc(CN)c1.Cl. The van der Waals surface area contributed by atoms with Crippen LogP contribution in [0, 0.1) is 11.8 Å². The quantitative estimate of drug-likeness (QED) is 0.844. The minimum absolute atomic E-state index is 0. The zero-order valence-electron chi connectivity index (χ0n) is 12.9. The maximum Gasteiger partial charge on any atom is 0.254 e. The first-order valence-electron chi connectivity index (χ1n) is 7.68. The molecule has 0 aromatic carbocycles. The van der Waals surface area contributed by atoms with Crippen LogP contribution in [-0.4, -0.2) is 11.9 Å². The molecule has 1 amide bonds. The van der Waals surface area contributed by atoms with E-state index in [1.54, 1.807) is 6.07 Å². The molecule has 1 aliphatic rings. The summed E-state index contributed by atoms with van der Waals surface area (Å²) in [4.78, 5) is 12.2. The Labute approximate surface area is 133 Å². The highest BCUT2D eigenvalue weighted by atomic mass is 35.5. The fourth-order valence-electron chi connectivity index (χ4n) is 2.98. The van der Waals surface area contributed by atoms with Crippen molar-refractivity contribution in [2.24, 2.45) is 17.6 Å². The lowest BCUT2D eigenvalue weighted by Crippen LogP contribution is -2.37. The van der Waals surface area contributed by atoms with Crippen LogP contribution in [0.25, 0.3) is 0 Å². The number of halogens is 1. The molecule has 0 radical (unpaired) electrons. The van der Waals surface area contributed by atoms with E-state index in [4.69, 9.17) is 10.2 Å². The Balaban J connectivity index is 0.00000220. The number of rotatable bonds is 6. The van der Waals surface area contributed by atoms with Gasteiger partial charge in [-0.05, 0) is 37.2 Å². The standard InChI is InChI=1S/C16H26N2O2.ClH/c1-11(2)6-7-12-4-3-5-15(12)18-16(19)13-8-14(9-17)20-10-13;/h8,10-12,15H,3-7,9,17H2,1-2H3,(H,18,19);1H. The van der Waals surface area contributed by atoms with Crippen molar-refractivity contribution < 1.29 is 9.21 Å². The van der Waals surface area contributed by atoms with Crippen LogP contribution in [-0.2, 0) is 6.54 Å². The van der Waals surface area contributed by atoms with Gasteiger partial charge in [0.25, 0.3) is 5.91 Å². The molecule has 1 saturated carbocycles. The fourth-order valence-corrected chi connectivity index (χ4v) is 2.98. The molecular weight excluding hydrogens is 288 g/mol. The molecule has 0 saturated heterocycles. The van der Waals surface area contributed by atoms with Gasteiger partial charge in [-0.15, -0.1) is 12.4 Å². The van der Waals surface area contributed by atoms with Gasteiger partial charge in [0.1, 0.15) is 12.0 Å². The van der Waals surface area contributed by atoms with Crippen LogP contribution < -0.4 is 11.1 Å². The summed E-state index contributed by atoms with van der Waals surface area (Å²) in [5, 5.41) is 3.17. The van der Waals surface area contributed by atoms with Crippen LogP contribution in [0.5, 0.6) is 0 Å². The van der Waals surface area contributed by atoms with Crippen molar-refractivity contribution >= 4 is 18.3 Å². The topological polar surface area (TPSA) is 68.3 Å². The Morgan fingerprint density at radius 2 is 2.24 bits per heavy atom. The number of nitrogens with two attached hydrogens (primary N) is 1. The van der Waals surface area contributed by atoms with Crippen molar-refractivity contribution in [2.75, 3.05) is 0 Å². The maximum atomic E-state index is 12.2. The molecule has 4 nitrogen and oxygen atoms in total. The summed E-state index contributed by atoms with van der Waals surface area (Å²) >= 11 is 0. The number of carbonyl (C=O) groups is 1. The highest BCUT2D eigenvalue weighted by Crippen LogP contribution is 2.30. The summed E-state index contributed by atoms with van der Waals surface area (Å²) in [5.41, 5.74) is 6.07. The zero-order valence-corrected chi connectivity index (χ0v) is 13.7. The summed E-state index contributed by atoms with van der Waals surface area (Å²) in [7, 11) is 0. The lowest BCUT2D eigenvalue weighted by atomic mass is 9.93. The van der Waals surface area contributed by atoms with Gasteiger partial charge in [-0.1, -0.05) is 26.7 Å². The smallest absolute Gasteiger partial charge is 0.254 e. The average molecular weight is 315 g/mol. The van der Waals surface area contributed by atoms with E-state index < -0.39 is 0 Å². The van der Waals surface area contributed by atoms with Crippen LogP contribution in [0.3, 0.4) is 0 Å². The first-order valence-corrected chi connectivity index (χ1v) is 7.68. The Hall–Kier alpha value is -1.00. The molecule has 2 unspecified atom stereocenters. The number of nitrogens with one attached hydrogen (secondary N) is 1. The minimum Gasteiger partial charge on any atom is -0.467 e. The summed E-state index contributed by atoms with van der Waals surface area (Å²) < 4.78 is 5.22. The van der Waals surface area contributed by atoms with Crippen molar-refractivity contribution in [3.05, 3.63) is 23.7 Å². The van der Waals surface area contributed by atoms with Crippen LogP contribution in [0.2, 0.25) is 0 Å². The Bertz CT molecular complexity index is 445. The molecule has 2 atom stereocenters. The summed E-state index contributed by atoms with van der Waals surface area (Å²) in [6.07, 6.45) is 7.48. The normalized spacial score (nSPS) is 21.3. The van der Waals surface area contributed by atoms with Crippen molar-refractivity contribution in [1.29, 1.82) is 0 Å². The largest absolute Gasteiger partial charge is 0.467 e. The van der Waals surface area contributed by atoms with Crippen LogP contribution in [0.4, 0.5) is 0 Å². The van der Waals surface area contributed by atoms with Gasteiger partial charge in [-0.3, -0.25) is 4.79 Å². The van der Waals surface area contributed by atoms with Gasteiger partial charge >= 0.3 is 0 Å². The van der Waals surface area contributed by atoms with Crippen LogP contribution in [0.1, 0.15) is 62.1 Å². The fraction of sp³-hybridized carbons (Fsp3) is 0.688. The van der Waals surface area contributed by atoms with Crippen molar-refractivity contribution in [3.63, 3.8) is 0 Å². The van der Waals surface area contributed by atoms with E-state index >= 15 is 0 Å². The molecule has 1 heterocycles. The molecule has 1 fully saturated rings. The molecule has 1 aliphatic carbocycles. The Morgan fingerprint density at radius 3 is 2.86 bits per heavy atom. The lowest BCUT2D eigenvalue weighted by Gasteiger charge is -2.21. The molecule has 0 spiro atoms. The maximum absolute atomic E-state index is 12.2. The summed E-state index contributed by atoms with van der Waals surface area (Å²) in [5.74, 6) is 1.97.